The zero-order valence-corrected chi connectivity index (χ0v) is 18.9. The SMILES string of the molecule is COc1cccc(OC)c1S(=O)(=O)Nc1noc2cc(Cn3cccn3)c3c(c12)OCCC3. The number of benzene rings is 2. The topological polar surface area (TPSA) is 118 Å². The monoisotopic (exact) mass is 470 g/mol. The molecule has 0 atom stereocenters. The van der Waals surface area contributed by atoms with Crippen LogP contribution in [0, 0.1) is 0 Å². The lowest BCUT2D eigenvalue weighted by Gasteiger charge is -2.21. The normalized spacial score (nSPS) is 13.4. The standard InChI is InChI=1S/C22H22N4O6S/c1-29-16-7-3-8-17(30-2)21(16)33(27,28)25-22-19-18(32-24-22)12-14(13-26-10-5-9-23-26)15-6-4-11-31-20(15)19/h3,5,7-10,12H,4,6,11,13H2,1-2H3,(H,24,25). The Hall–Kier alpha value is -3.73. The van der Waals surface area contributed by atoms with Gasteiger partial charge in [-0.05, 0) is 42.7 Å². The molecule has 11 heteroatoms. The molecule has 1 aliphatic heterocycles. The Morgan fingerprint density at radius 3 is 2.67 bits per heavy atom. The molecule has 5 rings (SSSR count). The van der Waals surface area contributed by atoms with E-state index in [0.29, 0.717) is 29.9 Å². The maximum atomic E-state index is 13.3. The first-order valence-electron chi connectivity index (χ1n) is 10.3. The third-order valence-electron chi connectivity index (χ3n) is 5.50. The van der Waals surface area contributed by atoms with E-state index in [1.165, 1.54) is 14.2 Å². The number of rotatable bonds is 7. The van der Waals surface area contributed by atoms with Gasteiger partial charge in [-0.3, -0.25) is 9.40 Å². The van der Waals surface area contributed by atoms with Gasteiger partial charge < -0.3 is 18.7 Å². The molecule has 0 unspecified atom stereocenters. The quantitative estimate of drug-likeness (QED) is 0.438. The molecule has 0 bridgehead atoms. The van der Waals surface area contributed by atoms with E-state index in [0.717, 1.165) is 24.0 Å². The minimum Gasteiger partial charge on any atom is -0.495 e. The Morgan fingerprint density at radius 1 is 1.18 bits per heavy atom. The van der Waals surface area contributed by atoms with Crippen molar-refractivity contribution in [3.63, 3.8) is 0 Å². The van der Waals surface area contributed by atoms with Crippen LogP contribution in [0.4, 0.5) is 5.82 Å². The van der Waals surface area contributed by atoms with E-state index in [9.17, 15) is 8.42 Å². The highest BCUT2D eigenvalue weighted by Gasteiger charge is 2.30. The average molecular weight is 471 g/mol. The summed E-state index contributed by atoms with van der Waals surface area (Å²) in [5, 5.41) is 8.77. The highest BCUT2D eigenvalue weighted by atomic mass is 32.2. The number of nitrogens with one attached hydrogen (secondary N) is 1. The van der Waals surface area contributed by atoms with Crippen molar-refractivity contribution < 1.29 is 27.2 Å². The molecule has 0 spiro atoms. The lowest BCUT2D eigenvalue weighted by atomic mass is 9.97. The lowest BCUT2D eigenvalue weighted by molar-refractivity contribution is 0.291. The van der Waals surface area contributed by atoms with Crippen molar-refractivity contribution in [1.29, 1.82) is 0 Å². The van der Waals surface area contributed by atoms with E-state index in [2.05, 4.69) is 15.0 Å². The number of aromatic nitrogens is 3. The fourth-order valence-electron chi connectivity index (χ4n) is 4.06. The molecule has 0 saturated heterocycles. The van der Waals surface area contributed by atoms with Crippen LogP contribution in [0.2, 0.25) is 0 Å². The van der Waals surface area contributed by atoms with Gasteiger partial charge in [-0.15, -0.1) is 0 Å². The summed E-state index contributed by atoms with van der Waals surface area (Å²) in [7, 11) is -1.34. The van der Waals surface area contributed by atoms with E-state index < -0.39 is 10.0 Å². The first-order chi connectivity index (χ1) is 16.0. The number of ether oxygens (including phenoxy) is 3. The number of sulfonamides is 1. The number of anilines is 1. The maximum absolute atomic E-state index is 13.3. The van der Waals surface area contributed by atoms with Crippen LogP contribution in [-0.4, -0.2) is 44.2 Å². The summed E-state index contributed by atoms with van der Waals surface area (Å²) in [6.07, 6.45) is 5.24. The van der Waals surface area contributed by atoms with Crippen molar-refractivity contribution in [1.82, 2.24) is 14.9 Å². The van der Waals surface area contributed by atoms with E-state index in [1.54, 1.807) is 24.4 Å². The Labute approximate surface area is 190 Å². The lowest BCUT2D eigenvalue weighted by Crippen LogP contribution is -2.17. The second-order valence-electron chi connectivity index (χ2n) is 7.50. The molecule has 2 aromatic heterocycles. The highest BCUT2D eigenvalue weighted by molar-refractivity contribution is 7.93. The first-order valence-corrected chi connectivity index (χ1v) is 11.8. The van der Waals surface area contributed by atoms with Gasteiger partial charge in [-0.1, -0.05) is 11.2 Å². The maximum Gasteiger partial charge on any atom is 0.270 e. The van der Waals surface area contributed by atoms with E-state index in [-0.39, 0.29) is 22.2 Å². The van der Waals surface area contributed by atoms with Crippen LogP contribution in [0.3, 0.4) is 0 Å². The summed E-state index contributed by atoms with van der Waals surface area (Å²) in [4.78, 5) is -0.128. The van der Waals surface area contributed by atoms with Crippen molar-refractivity contribution >= 4 is 26.8 Å². The molecule has 4 aromatic rings. The predicted octanol–water partition coefficient (Wildman–Crippen LogP) is 3.22. The van der Waals surface area contributed by atoms with Gasteiger partial charge in [0.1, 0.15) is 22.6 Å². The van der Waals surface area contributed by atoms with Crippen LogP contribution in [0.15, 0.2) is 52.1 Å². The second-order valence-corrected chi connectivity index (χ2v) is 9.12. The smallest absolute Gasteiger partial charge is 0.270 e. The summed E-state index contributed by atoms with van der Waals surface area (Å²) in [5.74, 6) is 0.914. The molecule has 1 aliphatic rings. The van der Waals surface area contributed by atoms with Gasteiger partial charge in [0.25, 0.3) is 10.0 Å². The Kier molecular flexibility index (Phi) is 5.33. The third-order valence-corrected chi connectivity index (χ3v) is 6.91. The van der Waals surface area contributed by atoms with Crippen LogP contribution >= 0.6 is 0 Å². The Morgan fingerprint density at radius 2 is 1.97 bits per heavy atom. The molecule has 172 valence electrons. The van der Waals surface area contributed by atoms with Crippen molar-refractivity contribution in [2.75, 3.05) is 25.5 Å². The Balaban J connectivity index is 1.61. The van der Waals surface area contributed by atoms with Crippen molar-refractivity contribution in [3.8, 4) is 17.2 Å². The van der Waals surface area contributed by atoms with Crippen LogP contribution in [0.25, 0.3) is 11.0 Å². The van der Waals surface area contributed by atoms with Gasteiger partial charge in [-0.2, -0.15) is 5.10 Å². The minimum absolute atomic E-state index is 0.0433. The number of hydrogen-bond acceptors (Lipinski definition) is 8. The zero-order chi connectivity index (χ0) is 23.0. The average Bonchev–Trinajstić information content (AvgIpc) is 3.48. The fraction of sp³-hybridized carbons (Fsp3) is 0.273. The molecule has 33 heavy (non-hydrogen) atoms. The predicted molar refractivity (Wildman–Crippen MR) is 120 cm³/mol. The van der Waals surface area contributed by atoms with Crippen LogP contribution in [0.5, 0.6) is 17.2 Å². The first kappa shape index (κ1) is 21.1. The summed E-state index contributed by atoms with van der Waals surface area (Å²) in [5.41, 5.74) is 2.39. The third kappa shape index (κ3) is 3.74. The molecular weight excluding hydrogens is 448 g/mol. The summed E-state index contributed by atoms with van der Waals surface area (Å²) >= 11 is 0. The molecule has 0 amide bonds. The van der Waals surface area contributed by atoms with Gasteiger partial charge >= 0.3 is 0 Å². The van der Waals surface area contributed by atoms with E-state index in [1.807, 2.05) is 23.0 Å². The summed E-state index contributed by atoms with van der Waals surface area (Å²) < 4.78 is 53.1. The van der Waals surface area contributed by atoms with E-state index in [4.69, 9.17) is 18.7 Å². The fourth-order valence-corrected chi connectivity index (χ4v) is 5.39. The van der Waals surface area contributed by atoms with Gasteiger partial charge in [0.2, 0.25) is 0 Å². The largest absolute Gasteiger partial charge is 0.495 e. The molecule has 10 nitrogen and oxygen atoms in total. The van der Waals surface area contributed by atoms with Gasteiger partial charge in [-0.25, -0.2) is 8.42 Å². The van der Waals surface area contributed by atoms with Crippen molar-refractivity contribution in [3.05, 3.63) is 53.9 Å². The molecular formula is C22H22N4O6S. The number of methoxy groups -OCH3 is 2. The second kappa shape index (κ2) is 8.32. The number of nitrogens with zero attached hydrogens (tertiary/aromatic N) is 3. The number of fused-ring (bicyclic) bond motifs is 3. The summed E-state index contributed by atoms with van der Waals surface area (Å²) in [6, 6.07) is 8.45. The molecule has 0 saturated carbocycles. The van der Waals surface area contributed by atoms with Crippen molar-refractivity contribution in [2.45, 2.75) is 24.3 Å². The molecule has 2 aromatic carbocycles. The zero-order valence-electron chi connectivity index (χ0n) is 18.1. The van der Waals surface area contributed by atoms with Gasteiger partial charge in [0.15, 0.2) is 16.3 Å². The summed E-state index contributed by atoms with van der Waals surface area (Å²) in [6.45, 7) is 1.06. The van der Waals surface area contributed by atoms with E-state index >= 15 is 0 Å². The molecule has 0 radical (unpaired) electrons. The van der Waals surface area contributed by atoms with Crippen LogP contribution in [-0.2, 0) is 23.0 Å². The molecule has 1 N–H and O–H groups in total. The van der Waals surface area contributed by atoms with Crippen molar-refractivity contribution in [2.24, 2.45) is 0 Å². The van der Waals surface area contributed by atoms with Gasteiger partial charge in [0, 0.05) is 18.0 Å². The number of hydrogen-bond donors (Lipinski definition) is 1. The van der Waals surface area contributed by atoms with Gasteiger partial charge in [0.05, 0.1) is 27.4 Å². The molecule has 0 fully saturated rings. The minimum atomic E-state index is -4.13. The van der Waals surface area contributed by atoms with Crippen LogP contribution < -0.4 is 18.9 Å². The highest BCUT2D eigenvalue weighted by Crippen LogP contribution is 2.42. The van der Waals surface area contributed by atoms with Crippen LogP contribution in [0.1, 0.15) is 17.5 Å². The molecule has 0 aliphatic carbocycles. The molecule has 3 heterocycles. The Bertz CT molecular complexity index is 1390.